The number of allylic oxidation sites excluding steroid dienone is 4. The summed E-state index contributed by atoms with van der Waals surface area (Å²) in [4.78, 5) is 26.0. The smallest absolute Gasteiger partial charge is 0.463 e. The predicted molar refractivity (Wildman–Crippen MR) is 156 cm³/mol. The lowest BCUT2D eigenvalue weighted by molar-refractivity contribution is -0.159. The second-order valence-corrected chi connectivity index (χ2v) is 15.0. The fourth-order valence-electron chi connectivity index (χ4n) is 7.15. The molecule has 226 valence electrons. The molecule has 4 rings (SSSR count). The molecule has 4 aliphatic carbocycles. The molecule has 0 aliphatic heterocycles. The molecule has 0 radical (unpaired) electrons. The summed E-state index contributed by atoms with van der Waals surface area (Å²) in [6.45, 7) is 12.5. The highest BCUT2D eigenvalue weighted by Gasteiger charge is 2.51. The van der Waals surface area contributed by atoms with Crippen molar-refractivity contribution in [3.05, 3.63) is 24.3 Å². The number of carbonyl (C=O) groups is 1. The van der Waals surface area contributed by atoms with Crippen molar-refractivity contribution in [2.24, 2.45) is 39.5 Å². The van der Waals surface area contributed by atoms with Crippen LogP contribution in [0.1, 0.15) is 79.6 Å². The van der Waals surface area contributed by atoms with E-state index in [1.54, 1.807) is 0 Å². The number of nitrogens with zero attached hydrogens (tertiary/aromatic N) is 1. The number of aliphatic hydroxyl groups is 1. The number of aliphatic imine (C=N–C) groups is 1. The van der Waals surface area contributed by atoms with Gasteiger partial charge in [-0.1, -0.05) is 31.2 Å². The molecular formula is C31H51NO7Si. The number of ether oxygens (including phenoxy) is 1. The van der Waals surface area contributed by atoms with Gasteiger partial charge in [0.25, 0.3) is 0 Å². The van der Waals surface area contributed by atoms with Crippen LogP contribution in [0.2, 0.25) is 6.04 Å². The van der Waals surface area contributed by atoms with Crippen LogP contribution in [0, 0.1) is 34.5 Å². The summed E-state index contributed by atoms with van der Waals surface area (Å²) in [7, 11) is -2.54. The lowest BCUT2D eigenvalue weighted by Crippen LogP contribution is -2.46. The molecule has 0 aromatic rings. The number of aliphatic hydroxyl groups excluding tert-OH is 1. The molecule has 1 N–H and O–H groups in total. The molecule has 4 aliphatic rings. The number of esters is 1. The highest BCUT2D eigenvalue weighted by atomic mass is 28.4. The first-order valence-electron chi connectivity index (χ1n) is 15.3. The molecular weight excluding hydrogens is 526 g/mol. The molecule has 7 unspecified atom stereocenters. The summed E-state index contributed by atoms with van der Waals surface area (Å²) in [5.41, 5.74) is -0.0493. The van der Waals surface area contributed by atoms with Crippen LogP contribution in [0.25, 0.3) is 0 Å². The Bertz CT molecular complexity index is 918. The molecule has 2 saturated carbocycles. The van der Waals surface area contributed by atoms with Gasteiger partial charge in [-0.2, -0.15) is 0 Å². The highest BCUT2D eigenvalue weighted by Crippen LogP contribution is 2.54. The van der Waals surface area contributed by atoms with Gasteiger partial charge < -0.3 is 23.1 Å². The van der Waals surface area contributed by atoms with E-state index in [-0.39, 0.29) is 18.0 Å². The summed E-state index contributed by atoms with van der Waals surface area (Å²) < 4.78 is 22.5. The van der Waals surface area contributed by atoms with E-state index in [0.717, 1.165) is 38.0 Å². The van der Waals surface area contributed by atoms with E-state index < -0.39 is 14.9 Å². The van der Waals surface area contributed by atoms with Crippen molar-refractivity contribution in [1.82, 2.24) is 0 Å². The minimum absolute atomic E-state index is 0.118. The molecule has 0 aromatic carbocycles. The lowest BCUT2D eigenvalue weighted by Gasteiger charge is -2.32. The topological polar surface area (TPSA) is 104 Å². The van der Waals surface area contributed by atoms with Gasteiger partial charge in [0, 0.05) is 25.9 Å². The maximum absolute atomic E-state index is 12.5. The molecule has 0 spiro atoms. The largest absolute Gasteiger partial charge is 0.500 e. The Hall–Kier alpha value is -1.61. The third-order valence-electron chi connectivity index (χ3n) is 9.30. The quantitative estimate of drug-likeness (QED) is 0.0633. The molecule has 8 nitrogen and oxygen atoms in total. The van der Waals surface area contributed by atoms with E-state index in [4.69, 9.17) is 18.0 Å². The summed E-state index contributed by atoms with van der Waals surface area (Å²) in [5, 5.41) is 10.3. The molecule has 0 amide bonds. The molecule has 7 atom stereocenters. The lowest BCUT2D eigenvalue weighted by atomic mass is 9.74. The Labute approximate surface area is 242 Å². The van der Waals surface area contributed by atoms with Gasteiger partial charge >= 0.3 is 14.8 Å². The molecule has 2 fully saturated rings. The second-order valence-electron chi connectivity index (χ2n) is 12.3. The minimum Gasteiger partial charge on any atom is -0.463 e. The van der Waals surface area contributed by atoms with E-state index in [2.05, 4.69) is 36.2 Å². The summed E-state index contributed by atoms with van der Waals surface area (Å²) in [6, 6.07) is 0.688. The molecule has 40 heavy (non-hydrogen) atoms. The predicted octanol–water partition coefficient (Wildman–Crippen LogP) is 5.64. The number of rotatable bonds is 16. The maximum Gasteiger partial charge on any atom is 0.500 e. The van der Waals surface area contributed by atoms with Crippen LogP contribution in [0.15, 0.2) is 29.3 Å². The Morgan fingerprint density at radius 2 is 1.60 bits per heavy atom. The Morgan fingerprint density at radius 1 is 1.00 bits per heavy atom. The number of hydrogen-bond acceptors (Lipinski definition) is 8. The number of hydrogen-bond donors (Lipinski definition) is 1. The van der Waals surface area contributed by atoms with Gasteiger partial charge in [-0.15, -0.1) is 0 Å². The van der Waals surface area contributed by atoms with Crippen molar-refractivity contribution in [2.75, 3.05) is 33.0 Å². The van der Waals surface area contributed by atoms with Crippen LogP contribution in [0.5, 0.6) is 0 Å². The first-order chi connectivity index (χ1) is 19.1. The van der Waals surface area contributed by atoms with Gasteiger partial charge in [0.15, 0.2) is 0 Å². The van der Waals surface area contributed by atoms with Gasteiger partial charge in [0.05, 0.1) is 18.1 Å². The van der Waals surface area contributed by atoms with Crippen molar-refractivity contribution in [3.63, 3.8) is 0 Å². The Kier molecular flexibility index (Phi) is 12.4. The van der Waals surface area contributed by atoms with E-state index in [1.807, 2.05) is 27.7 Å². The highest BCUT2D eigenvalue weighted by molar-refractivity contribution is 6.60. The third-order valence-corrected chi connectivity index (χ3v) is 12.5. The van der Waals surface area contributed by atoms with Gasteiger partial charge in [-0.05, 0) is 102 Å². The summed E-state index contributed by atoms with van der Waals surface area (Å²) >= 11 is 0. The van der Waals surface area contributed by atoms with Gasteiger partial charge in [0.2, 0.25) is 6.08 Å². The molecule has 0 aromatic heterocycles. The second kappa shape index (κ2) is 15.0. The molecule has 0 heterocycles. The van der Waals surface area contributed by atoms with Crippen molar-refractivity contribution in [1.29, 1.82) is 0 Å². The fourth-order valence-corrected chi connectivity index (χ4v) is 9.74. The van der Waals surface area contributed by atoms with E-state index >= 15 is 0 Å². The zero-order valence-corrected chi connectivity index (χ0v) is 26.2. The normalized spacial score (nSPS) is 32.0. The van der Waals surface area contributed by atoms with Gasteiger partial charge in [0.1, 0.15) is 6.61 Å². The zero-order valence-electron chi connectivity index (χ0n) is 25.2. The van der Waals surface area contributed by atoms with E-state index in [1.165, 1.54) is 18.9 Å². The summed E-state index contributed by atoms with van der Waals surface area (Å²) in [6.07, 6.45) is 17.1. The summed E-state index contributed by atoms with van der Waals surface area (Å²) in [5.74, 6) is 2.18. The third kappa shape index (κ3) is 8.23. The van der Waals surface area contributed by atoms with Crippen LogP contribution < -0.4 is 0 Å². The first-order valence-corrected chi connectivity index (χ1v) is 17.2. The molecule has 0 saturated heterocycles. The fraction of sp³-hybridized carbons (Fsp3) is 0.806. The zero-order chi connectivity index (χ0) is 29.2. The van der Waals surface area contributed by atoms with E-state index in [0.29, 0.717) is 55.6 Å². The SMILES string of the molecule is CC1(CCC(O)COC(=O)C2(C)CC3C=CC2C3)CC2C=CC1C2.CCO[Si](CCCN=C=O)(OCC)OCC. The van der Waals surface area contributed by atoms with Gasteiger partial charge in [-0.3, -0.25) is 4.79 Å². The van der Waals surface area contributed by atoms with Crippen LogP contribution in [-0.4, -0.2) is 65.0 Å². The van der Waals surface area contributed by atoms with Crippen molar-refractivity contribution < 1.29 is 32.7 Å². The van der Waals surface area contributed by atoms with Gasteiger partial charge in [-0.25, -0.2) is 9.79 Å². The van der Waals surface area contributed by atoms with E-state index in [9.17, 15) is 14.7 Å². The number of carbonyl (C=O) groups excluding carboxylic acids is 2. The molecule has 9 heteroatoms. The monoisotopic (exact) mass is 577 g/mol. The first kappa shape index (κ1) is 32.9. The average Bonchev–Trinajstić information content (AvgIpc) is 3.71. The van der Waals surface area contributed by atoms with Crippen molar-refractivity contribution >= 4 is 20.9 Å². The van der Waals surface area contributed by atoms with Crippen LogP contribution in [0.3, 0.4) is 0 Å². The standard InChI is InChI=1S/C21H30O3.C10H21NO4Si/c1-20(11-14-3-5-16(20)9-14)8-7-18(22)13-24-19(23)21(2)12-15-4-6-17(21)10-15;1-4-13-16(14-5-2,15-6-3)9-7-8-11-10-12/h3-6,14-18,22H,7-13H2,1-2H3;4-9H2,1-3H3. The maximum atomic E-state index is 12.5. The number of fused-ring (bicyclic) bond motifs is 4. The average molecular weight is 578 g/mol. The van der Waals surface area contributed by atoms with Crippen LogP contribution in [-0.2, 0) is 27.6 Å². The molecule has 4 bridgehead atoms. The minimum atomic E-state index is -2.54. The van der Waals surface area contributed by atoms with Crippen molar-refractivity contribution in [3.8, 4) is 0 Å². The van der Waals surface area contributed by atoms with Crippen LogP contribution in [0.4, 0.5) is 0 Å². The Balaban J connectivity index is 0.000000243. The van der Waals surface area contributed by atoms with Crippen molar-refractivity contribution in [2.45, 2.75) is 91.7 Å². The Morgan fingerprint density at radius 3 is 2.08 bits per heavy atom. The van der Waals surface area contributed by atoms with Crippen LogP contribution >= 0.6 is 0 Å². The number of isocyanates is 1.